The van der Waals surface area contributed by atoms with Crippen LogP contribution in [-0.4, -0.2) is 16.4 Å². The Kier molecular flexibility index (Phi) is 2.49. The van der Waals surface area contributed by atoms with Crippen LogP contribution in [0.3, 0.4) is 0 Å². The standard InChI is InChI=1S/C9H15N3S/c1-6-3-4-7(5-6)8-11-9(10-2)13-12-8/h6-7H,3-5H2,1-2H3,(H,10,11,12). The molecule has 2 atom stereocenters. The lowest BCUT2D eigenvalue weighted by Crippen LogP contribution is -1.96. The van der Waals surface area contributed by atoms with E-state index in [-0.39, 0.29) is 0 Å². The van der Waals surface area contributed by atoms with Crippen LogP contribution in [0.1, 0.15) is 37.9 Å². The molecular weight excluding hydrogens is 182 g/mol. The zero-order chi connectivity index (χ0) is 9.26. The summed E-state index contributed by atoms with van der Waals surface area (Å²) in [7, 11) is 1.89. The van der Waals surface area contributed by atoms with Gasteiger partial charge in [-0.3, -0.25) is 0 Å². The molecule has 0 amide bonds. The van der Waals surface area contributed by atoms with Gasteiger partial charge in [0.15, 0.2) is 0 Å². The fraction of sp³-hybridized carbons (Fsp3) is 0.778. The number of aromatic nitrogens is 2. The Morgan fingerprint density at radius 2 is 2.31 bits per heavy atom. The maximum atomic E-state index is 4.44. The number of hydrogen-bond acceptors (Lipinski definition) is 4. The zero-order valence-corrected chi connectivity index (χ0v) is 8.90. The molecule has 0 aliphatic heterocycles. The van der Waals surface area contributed by atoms with Gasteiger partial charge >= 0.3 is 0 Å². The number of hydrogen-bond donors (Lipinski definition) is 1. The van der Waals surface area contributed by atoms with E-state index in [2.05, 4.69) is 21.6 Å². The summed E-state index contributed by atoms with van der Waals surface area (Å²) in [6.45, 7) is 2.31. The Hall–Kier alpha value is -0.640. The van der Waals surface area contributed by atoms with Gasteiger partial charge in [0.1, 0.15) is 5.82 Å². The van der Waals surface area contributed by atoms with Crippen molar-refractivity contribution < 1.29 is 0 Å². The van der Waals surface area contributed by atoms with Gasteiger partial charge in [0.25, 0.3) is 0 Å². The second-order valence-corrected chi connectivity index (χ2v) is 4.57. The van der Waals surface area contributed by atoms with Crippen molar-refractivity contribution in [1.82, 2.24) is 9.36 Å². The van der Waals surface area contributed by atoms with Crippen molar-refractivity contribution in [2.75, 3.05) is 12.4 Å². The molecule has 0 spiro atoms. The minimum Gasteiger partial charge on any atom is -0.363 e. The smallest absolute Gasteiger partial charge is 0.202 e. The van der Waals surface area contributed by atoms with E-state index in [1.807, 2.05) is 7.05 Å². The minimum atomic E-state index is 0.619. The average Bonchev–Trinajstić information content (AvgIpc) is 2.71. The fourth-order valence-corrected chi connectivity index (χ4v) is 2.54. The highest BCUT2D eigenvalue weighted by molar-refractivity contribution is 7.09. The molecule has 0 aromatic carbocycles. The van der Waals surface area contributed by atoms with Crippen molar-refractivity contribution in [2.24, 2.45) is 5.92 Å². The fourth-order valence-electron chi connectivity index (χ4n) is 1.94. The van der Waals surface area contributed by atoms with Crippen LogP contribution >= 0.6 is 11.5 Å². The second kappa shape index (κ2) is 3.62. The minimum absolute atomic E-state index is 0.619. The molecule has 72 valence electrons. The molecule has 1 heterocycles. The maximum Gasteiger partial charge on any atom is 0.202 e. The Morgan fingerprint density at radius 1 is 1.46 bits per heavy atom. The van der Waals surface area contributed by atoms with E-state index in [4.69, 9.17) is 0 Å². The van der Waals surface area contributed by atoms with Crippen molar-refractivity contribution in [3.63, 3.8) is 0 Å². The zero-order valence-electron chi connectivity index (χ0n) is 8.08. The third kappa shape index (κ3) is 1.82. The van der Waals surface area contributed by atoms with E-state index in [0.717, 1.165) is 16.9 Å². The van der Waals surface area contributed by atoms with Gasteiger partial charge < -0.3 is 5.32 Å². The van der Waals surface area contributed by atoms with Gasteiger partial charge in [-0.05, 0) is 25.2 Å². The summed E-state index contributed by atoms with van der Waals surface area (Å²) < 4.78 is 4.37. The van der Waals surface area contributed by atoms with Crippen LogP contribution in [0.15, 0.2) is 0 Å². The summed E-state index contributed by atoms with van der Waals surface area (Å²) in [6.07, 6.45) is 3.86. The molecule has 0 bridgehead atoms. The van der Waals surface area contributed by atoms with Gasteiger partial charge in [0.05, 0.1) is 0 Å². The largest absolute Gasteiger partial charge is 0.363 e. The highest BCUT2D eigenvalue weighted by Crippen LogP contribution is 2.37. The first kappa shape index (κ1) is 8.94. The van der Waals surface area contributed by atoms with Crippen LogP contribution in [0.25, 0.3) is 0 Å². The van der Waals surface area contributed by atoms with E-state index in [1.54, 1.807) is 0 Å². The summed E-state index contributed by atoms with van der Waals surface area (Å²) in [4.78, 5) is 4.44. The molecule has 1 aliphatic carbocycles. The van der Waals surface area contributed by atoms with E-state index < -0.39 is 0 Å². The molecule has 2 unspecified atom stereocenters. The molecule has 13 heavy (non-hydrogen) atoms. The van der Waals surface area contributed by atoms with Crippen LogP contribution in [0.5, 0.6) is 0 Å². The lowest BCUT2D eigenvalue weighted by atomic mass is 10.1. The lowest BCUT2D eigenvalue weighted by Gasteiger charge is -2.02. The summed E-state index contributed by atoms with van der Waals surface area (Å²) >= 11 is 1.47. The van der Waals surface area contributed by atoms with Crippen molar-refractivity contribution >= 4 is 16.7 Å². The Bertz CT molecular complexity index is 284. The third-order valence-corrected chi connectivity index (χ3v) is 3.46. The Labute approximate surface area is 82.8 Å². The molecule has 2 rings (SSSR count). The number of nitrogens with one attached hydrogen (secondary N) is 1. The number of rotatable bonds is 2. The highest BCUT2D eigenvalue weighted by Gasteiger charge is 2.25. The van der Waals surface area contributed by atoms with E-state index in [9.17, 15) is 0 Å². The first-order valence-corrected chi connectivity index (χ1v) is 5.58. The topological polar surface area (TPSA) is 37.8 Å². The summed E-state index contributed by atoms with van der Waals surface area (Å²) in [6, 6.07) is 0. The van der Waals surface area contributed by atoms with Crippen molar-refractivity contribution in [2.45, 2.75) is 32.1 Å². The summed E-state index contributed by atoms with van der Waals surface area (Å²) in [5.41, 5.74) is 0. The number of anilines is 1. The van der Waals surface area contributed by atoms with E-state index >= 15 is 0 Å². The van der Waals surface area contributed by atoms with Crippen LogP contribution in [0, 0.1) is 5.92 Å². The Morgan fingerprint density at radius 3 is 2.85 bits per heavy atom. The molecule has 0 radical (unpaired) electrons. The van der Waals surface area contributed by atoms with E-state index in [1.165, 1.54) is 30.8 Å². The third-order valence-electron chi connectivity index (χ3n) is 2.72. The lowest BCUT2D eigenvalue weighted by molar-refractivity contribution is 0.588. The number of nitrogens with zero attached hydrogens (tertiary/aromatic N) is 2. The van der Waals surface area contributed by atoms with E-state index in [0.29, 0.717) is 5.92 Å². The molecule has 1 aromatic heterocycles. The molecule has 1 aromatic rings. The molecule has 1 fully saturated rings. The van der Waals surface area contributed by atoms with Gasteiger partial charge in [-0.25, -0.2) is 4.98 Å². The molecule has 1 saturated carbocycles. The van der Waals surface area contributed by atoms with Crippen LogP contribution < -0.4 is 5.32 Å². The molecule has 3 nitrogen and oxygen atoms in total. The average molecular weight is 197 g/mol. The maximum absolute atomic E-state index is 4.44. The van der Waals surface area contributed by atoms with Gasteiger partial charge in [-0.2, -0.15) is 4.37 Å². The predicted molar refractivity (Wildman–Crippen MR) is 55.2 cm³/mol. The van der Waals surface area contributed by atoms with Gasteiger partial charge in [-0.1, -0.05) is 6.92 Å². The Balaban J connectivity index is 2.08. The van der Waals surface area contributed by atoms with Gasteiger partial charge in [0, 0.05) is 24.5 Å². The molecule has 1 aliphatic rings. The van der Waals surface area contributed by atoms with Gasteiger partial charge in [-0.15, -0.1) is 0 Å². The monoisotopic (exact) mass is 197 g/mol. The molecule has 0 saturated heterocycles. The first-order chi connectivity index (χ1) is 6.29. The van der Waals surface area contributed by atoms with Crippen molar-refractivity contribution in [1.29, 1.82) is 0 Å². The van der Waals surface area contributed by atoms with Crippen molar-refractivity contribution in [3.05, 3.63) is 5.82 Å². The van der Waals surface area contributed by atoms with Crippen LogP contribution in [0.2, 0.25) is 0 Å². The van der Waals surface area contributed by atoms with Crippen LogP contribution in [0.4, 0.5) is 5.13 Å². The molecular formula is C9H15N3S. The molecule has 4 heteroatoms. The molecule has 1 N–H and O–H groups in total. The second-order valence-electron chi connectivity index (χ2n) is 3.82. The predicted octanol–water partition coefficient (Wildman–Crippen LogP) is 2.48. The summed E-state index contributed by atoms with van der Waals surface area (Å²) in [5, 5.41) is 3.97. The highest BCUT2D eigenvalue weighted by atomic mass is 32.1. The van der Waals surface area contributed by atoms with Crippen LogP contribution in [-0.2, 0) is 0 Å². The first-order valence-electron chi connectivity index (χ1n) is 4.81. The quantitative estimate of drug-likeness (QED) is 0.791. The SMILES string of the molecule is CNc1nc(C2CCC(C)C2)ns1. The summed E-state index contributed by atoms with van der Waals surface area (Å²) in [5.74, 6) is 2.53. The van der Waals surface area contributed by atoms with Crippen molar-refractivity contribution in [3.8, 4) is 0 Å². The van der Waals surface area contributed by atoms with Gasteiger partial charge in [0.2, 0.25) is 5.13 Å². The normalized spacial score (nSPS) is 27.8.